The number of sulfone groups is 1. The van der Waals surface area contributed by atoms with Gasteiger partial charge in [0.25, 0.3) is 5.91 Å². The number of likely N-dealkylation sites (tertiary alicyclic amines) is 1. The summed E-state index contributed by atoms with van der Waals surface area (Å²) < 4.78 is 48.6. The second-order valence-electron chi connectivity index (χ2n) is 5.21. The highest BCUT2D eigenvalue weighted by molar-refractivity contribution is 7.92. The Labute approximate surface area is 144 Å². The topological polar surface area (TPSA) is 66.5 Å². The summed E-state index contributed by atoms with van der Waals surface area (Å²) in [5, 5.41) is 4.44. The van der Waals surface area contributed by atoms with Crippen molar-refractivity contribution in [3.63, 3.8) is 0 Å². The Hall–Kier alpha value is -0.770. The van der Waals surface area contributed by atoms with E-state index in [0.29, 0.717) is 19.0 Å². The predicted molar refractivity (Wildman–Crippen MR) is 87.3 cm³/mol. The molecule has 5 nitrogen and oxygen atoms in total. The molecule has 0 saturated carbocycles. The van der Waals surface area contributed by atoms with Crippen LogP contribution in [0.2, 0.25) is 0 Å². The first-order valence-electron chi connectivity index (χ1n) is 6.91. The predicted octanol–water partition coefficient (Wildman–Crippen LogP) is 2.24. The lowest BCUT2D eigenvalue weighted by molar-refractivity contribution is 0.0692. The molecule has 132 valence electrons. The van der Waals surface area contributed by atoms with Crippen LogP contribution in [0.3, 0.4) is 0 Å². The third-order valence-corrected chi connectivity index (χ3v) is 6.21. The Bertz CT molecular complexity index is 629. The van der Waals surface area contributed by atoms with Crippen molar-refractivity contribution >= 4 is 39.5 Å². The maximum absolute atomic E-state index is 12.7. The van der Waals surface area contributed by atoms with E-state index in [0.717, 1.165) is 36.8 Å². The van der Waals surface area contributed by atoms with Gasteiger partial charge in [0.2, 0.25) is 9.84 Å². The number of carbonyl (C=O) groups is 1. The minimum absolute atomic E-state index is 0. The molecule has 0 spiro atoms. The third kappa shape index (κ3) is 4.40. The Kier molecular flexibility index (Phi) is 7.37. The fraction of sp³-hybridized carbons (Fsp3) is 0.615. The first kappa shape index (κ1) is 20.3. The van der Waals surface area contributed by atoms with Crippen molar-refractivity contribution in [3.05, 3.63) is 16.3 Å². The highest BCUT2D eigenvalue weighted by Crippen LogP contribution is 2.29. The molecule has 1 aliphatic rings. The molecular formula is C13H19ClF2N2O3S2. The molecule has 1 N–H and O–H groups in total. The lowest BCUT2D eigenvalue weighted by atomic mass is 9.97. The summed E-state index contributed by atoms with van der Waals surface area (Å²) in [5.74, 6) is -3.52. The van der Waals surface area contributed by atoms with E-state index in [4.69, 9.17) is 0 Å². The average Bonchev–Trinajstić information content (AvgIpc) is 2.97. The molecule has 0 aromatic carbocycles. The standard InChI is InChI=1S/C13H18F2N2O3S2.ClH/c1-16-8-9-2-5-17(6-3-9)12(18)11-10(4-7-21-11)22(19,20)13(14)15;/h4,7,9,13,16H,2-3,5-6,8H2,1H3;1H. The van der Waals surface area contributed by atoms with Crippen LogP contribution in [0.15, 0.2) is 16.3 Å². The van der Waals surface area contributed by atoms with Gasteiger partial charge in [-0.3, -0.25) is 4.79 Å². The van der Waals surface area contributed by atoms with Crippen LogP contribution in [0.25, 0.3) is 0 Å². The number of nitrogens with one attached hydrogen (secondary N) is 1. The SMILES string of the molecule is CNCC1CCN(C(=O)c2sccc2S(=O)(=O)C(F)F)CC1.Cl. The summed E-state index contributed by atoms with van der Waals surface area (Å²) in [6, 6.07) is 1.08. The van der Waals surface area contributed by atoms with Gasteiger partial charge in [-0.1, -0.05) is 0 Å². The first-order valence-corrected chi connectivity index (χ1v) is 9.34. The molecule has 0 atom stereocenters. The lowest BCUT2D eigenvalue weighted by Crippen LogP contribution is -2.40. The van der Waals surface area contributed by atoms with Crippen molar-refractivity contribution in [2.45, 2.75) is 23.5 Å². The summed E-state index contributed by atoms with van der Waals surface area (Å²) in [6.45, 7) is 1.89. The van der Waals surface area contributed by atoms with Crippen LogP contribution in [-0.4, -0.2) is 51.7 Å². The molecule has 1 aromatic rings. The van der Waals surface area contributed by atoms with Gasteiger partial charge < -0.3 is 10.2 Å². The first-order chi connectivity index (χ1) is 10.4. The number of nitrogens with zero attached hydrogens (tertiary/aromatic N) is 1. The van der Waals surface area contributed by atoms with E-state index < -0.39 is 26.4 Å². The Morgan fingerprint density at radius 3 is 2.57 bits per heavy atom. The molecule has 23 heavy (non-hydrogen) atoms. The maximum Gasteiger partial charge on any atom is 0.341 e. The van der Waals surface area contributed by atoms with Crippen LogP contribution < -0.4 is 5.32 Å². The van der Waals surface area contributed by atoms with Crippen LogP contribution in [0.1, 0.15) is 22.5 Å². The summed E-state index contributed by atoms with van der Waals surface area (Å²) in [7, 11) is -2.88. The fourth-order valence-corrected chi connectivity index (χ4v) is 4.67. The molecule has 0 bridgehead atoms. The van der Waals surface area contributed by atoms with Gasteiger partial charge >= 0.3 is 5.76 Å². The fourth-order valence-electron chi connectivity index (χ4n) is 2.55. The van der Waals surface area contributed by atoms with Crippen molar-refractivity contribution in [3.8, 4) is 0 Å². The van der Waals surface area contributed by atoms with Crippen molar-refractivity contribution < 1.29 is 22.0 Å². The normalized spacial score (nSPS) is 16.4. The van der Waals surface area contributed by atoms with E-state index in [-0.39, 0.29) is 17.3 Å². The highest BCUT2D eigenvalue weighted by Gasteiger charge is 2.34. The quantitative estimate of drug-likeness (QED) is 0.840. The molecule has 10 heteroatoms. The van der Waals surface area contributed by atoms with Crippen molar-refractivity contribution in [1.29, 1.82) is 0 Å². The number of alkyl halides is 2. The largest absolute Gasteiger partial charge is 0.341 e. The molecule has 1 amide bonds. The van der Waals surface area contributed by atoms with Gasteiger partial charge in [-0.15, -0.1) is 23.7 Å². The monoisotopic (exact) mass is 388 g/mol. The maximum atomic E-state index is 12.7. The van der Waals surface area contributed by atoms with E-state index in [1.54, 1.807) is 4.90 Å². The number of amides is 1. The zero-order chi connectivity index (χ0) is 16.3. The van der Waals surface area contributed by atoms with Gasteiger partial charge in [-0.05, 0) is 43.8 Å². The number of hydrogen-bond donors (Lipinski definition) is 1. The second kappa shape index (κ2) is 8.36. The van der Waals surface area contributed by atoms with E-state index in [1.165, 1.54) is 5.38 Å². The van der Waals surface area contributed by atoms with Crippen molar-refractivity contribution in [1.82, 2.24) is 10.2 Å². The Morgan fingerprint density at radius 1 is 1.43 bits per heavy atom. The Balaban J connectivity index is 0.00000264. The van der Waals surface area contributed by atoms with Gasteiger partial charge in [0.15, 0.2) is 0 Å². The summed E-state index contributed by atoms with van der Waals surface area (Å²) in [5.41, 5.74) is 0. The van der Waals surface area contributed by atoms with Crippen molar-refractivity contribution in [2.24, 2.45) is 5.92 Å². The van der Waals surface area contributed by atoms with Crippen molar-refractivity contribution in [2.75, 3.05) is 26.7 Å². The number of rotatable bonds is 5. The second-order valence-corrected chi connectivity index (χ2v) is 8.02. The van der Waals surface area contributed by atoms with E-state index >= 15 is 0 Å². The third-order valence-electron chi connectivity index (χ3n) is 3.76. The number of hydrogen-bond acceptors (Lipinski definition) is 5. The van der Waals surface area contributed by atoms with Gasteiger partial charge in [-0.2, -0.15) is 8.78 Å². The number of carbonyl (C=O) groups excluding carboxylic acids is 1. The number of halogens is 3. The van der Waals surface area contributed by atoms with E-state index in [2.05, 4.69) is 5.32 Å². The highest BCUT2D eigenvalue weighted by atomic mass is 35.5. The Morgan fingerprint density at radius 2 is 2.04 bits per heavy atom. The van der Waals surface area contributed by atoms with Crippen LogP contribution >= 0.6 is 23.7 Å². The van der Waals surface area contributed by atoms with Gasteiger partial charge in [0.1, 0.15) is 4.88 Å². The molecule has 0 aliphatic carbocycles. The number of thiophene rings is 1. The molecule has 1 aliphatic heterocycles. The van der Waals surface area contributed by atoms with Gasteiger partial charge in [0, 0.05) is 13.1 Å². The van der Waals surface area contributed by atoms with Gasteiger partial charge in [-0.25, -0.2) is 8.42 Å². The minimum atomic E-state index is -4.75. The van der Waals surface area contributed by atoms with Crippen LogP contribution in [0.4, 0.5) is 8.78 Å². The zero-order valence-corrected chi connectivity index (χ0v) is 14.9. The molecular weight excluding hydrogens is 370 g/mol. The van der Waals surface area contributed by atoms with E-state index in [1.807, 2.05) is 7.05 Å². The van der Waals surface area contributed by atoms with E-state index in [9.17, 15) is 22.0 Å². The smallest absolute Gasteiger partial charge is 0.338 e. The molecule has 1 fully saturated rings. The van der Waals surface area contributed by atoms with Crippen LogP contribution in [0, 0.1) is 5.92 Å². The molecule has 0 radical (unpaired) electrons. The van der Waals surface area contributed by atoms with Crippen LogP contribution in [0.5, 0.6) is 0 Å². The van der Waals surface area contributed by atoms with Gasteiger partial charge in [0.05, 0.1) is 4.90 Å². The molecule has 2 heterocycles. The zero-order valence-electron chi connectivity index (χ0n) is 12.5. The summed E-state index contributed by atoms with van der Waals surface area (Å²) >= 11 is 0.891. The molecule has 0 unspecified atom stereocenters. The number of piperidine rings is 1. The molecule has 1 saturated heterocycles. The molecule has 2 rings (SSSR count). The van der Waals surface area contributed by atoms with Crippen LogP contribution in [-0.2, 0) is 9.84 Å². The summed E-state index contributed by atoms with van der Waals surface area (Å²) in [6.07, 6.45) is 1.63. The lowest BCUT2D eigenvalue weighted by Gasteiger charge is -2.31. The minimum Gasteiger partial charge on any atom is -0.338 e. The summed E-state index contributed by atoms with van der Waals surface area (Å²) in [4.78, 5) is 13.3. The molecule has 1 aromatic heterocycles. The average molecular weight is 389 g/mol.